The molecular formula is C21H30N4O5S. The SMILES string of the molecule is CCN(CC)S(=O)(=O)c1cccc(NC(=O)CN2C(=O)N[C@@]3(CCCC[C@H]3C)C2=O)c1. The van der Waals surface area contributed by atoms with E-state index in [9.17, 15) is 22.8 Å². The van der Waals surface area contributed by atoms with E-state index in [2.05, 4.69) is 10.6 Å². The maximum absolute atomic E-state index is 13.0. The van der Waals surface area contributed by atoms with E-state index in [1.807, 2.05) is 6.92 Å². The van der Waals surface area contributed by atoms with Crippen LogP contribution in [0.5, 0.6) is 0 Å². The van der Waals surface area contributed by atoms with Crippen molar-refractivity contribution in [1.82, 2.24) is 14.5 Å². The third kappa shape index (κ3) is 4.31. The summed E-state index contributed by atoms with van der Waals surface area (Å²) < 4.78 is 26.7. The summed E-state index contributed by atoms with van der Waals surface area (Å²) in [6.07, 6.45) is 3.28. The highest BCUT2D eigenvalue weighted by Gasteiger charge is 2.55. The second-order valence-corrected chi connectivity index (χ2v) is 10.0. The molecule has 31 heavy (non-hydrogen) atoms. The standard InChI is InChI=1S/C21H30N4O5S/c1-4-24(5-2)31(29,30)17-11-8-10-16(13-17)22-18(26)14-25-19(27)21(23-20(25)28)12-7-6-9-15(21)3/h8,10-11,13,15H,4-7,9,12,14H2,1-3H3,(H,22,26)(H,23,28)/t15-,21-/m1/s1. The summed E-state index contributed by atoms with van der Waals surface area (Å²) in [5.41, 5.74) is -0.640. The molecule has 2 atom stereocenters. The summed E-state index contributed by atoms with van der Waals surface area (Å²) in [7, 11) is -3.67. The maximum atomic E-state index is 13.0. The highest BCUT2D eigenvalue weighted by molar-refractivity contribution is 7.89. The molecule has 1 aliphatic heterocycles. The maximum Gasteiger partial charge on any atom is 0.325 e. The summed E-state index contributed by atoms with van der Waals surface area (Å²) in [4.78, 5) is 39.0. The molecule has 0 radical (unpaired) electrons. The summed E-state index contributed by atoms with van der Waals surface area (Å²) in [6.45, 7) is 5.70. The van der Waals surface area contributed by atoms with Gasteiger partial charge in [0, 0.05) is 18.8 Å². The summed E-state index contributed by atoms with van der Waals surface area (Å²) in [6, 6.07) is 5.39. The van der Waals surface area contributed by atoms with Gasteiger partial charge in [0.05, 0.1) is 4.90 Å². The normalized spacial score (nSPS) is 24.0. The number of anilines is 1. The van der Waals surface area contributed by atoms with Crippen molar-refractivity contribution >= 4 is 33.6 Å². The van der Waals surface area contributed by atoms with Gasteiger partial charge in [-0.1, -0.05) is 39.7 Å². The fourth-order valence-electron chi connectivity index (χ4n) is 4.43. The molecule has 0 aromatic heterocycles. The molecule has 170 valence electrons. The van der Waals surface area contributed by atoms with Crippen LogP contribution >= 0.6 is 0 Å². The van der Waals surface area contributed by atoms with Crippen molar-refractivity contribution in [2.75, 3.05) is 25.0 Å². The first-order chi connectivity index (χ1) is 14.7. The van der Waals surface area contributed by atoms with Crippen LogP contribution in [0.1, 0.15) is 46.5 Å². The Balaban J connectivity index is 1.72. The molecule has 2 aliphatic rings. The van der Waals surface area contributed by atoms with Gasteiger partial charge in [0.1, 0.15) is 12.1 Å². The van der Waals surface area contributed by atoms with E-state index in [-0.39, 0.29) is 22.4 Å². The largest absolute Gasteiger partial charge is 0.325 e. The van der Waals surface area contributed by atoms with E-state index in [0.29, 0.717) is 19.5 Å². The first-order valence-electron chi connectivity index (χ1n) is 10.7. The molecule has 3 rings (SSSR count). The predicted octanol–water partition coefficient (Wildman–Crippen LogP) is 2.16. The van der Waals surface area contributed by atoms with Gasteiger partial charge in [0.25, 0.3) is 5.91 Å². The van der Waals surface area contributed by atoms with Crippen molar-refractivity contribution in [2.24, 2.45) is 5.92 Å². The fourth-order valence-corrected chi connectivity index (χ4v) is 5.93. The van der Waals surface area contributed by atoms with Crippen LogP contribution in [0, 0.1) is 5.92 Å². The highest BCUT2D eigenvalue weighted by atomic mass is 32.2. The Morgan fingerprint density at radius 2 is 1.97 bits per heavy atom. The monoisotopic (exact) mass is 450 g/mol. The van der Waals surface area contributed by atoms with Crippen LogP contribution < -0.4 is 10.6 Å². The molecule has 1 saturated heterocycles. The van der Waals surface area contributed by atoms with Gasteiger partial charge in [-0.05, 0) is 37.0 Å². The third-order valence-electron chi connectivity index (χ3n) is 6.26. The number of sulfonamides is 1. The molecule has 0 unspecified atom stereocenters. The molecule has 1 aromatic carbocycles. The van der Waals surface area contributed by atoms with Crippen molar-refractivity contribution in [2.45, 2.75) is 56.9 Å². The summed E-state index contributed by atoms with van der Waals surface area (Å²) in [5, 5.41) is 5.42. The molecule has 9 nitrogen and oxygen atoms in total. The first kappa shape index (κ1) is 23.2. The molecule has 1 aliphatic carbocycles. The Morgan fingerprint density at radius 3 is 2.61 bits per heavy atom. The van der Waals surface area contributed by atoms with Gasteiger partial charge in [0.15, 0.2) is 0 Å². The lowest BCUT2D eigenvalue weighted by molar-refractivity contribution is -0.136. The number of imide groups is 1. The van der Waals surface area contributed by atoms with Crippen molar-refractivity contribution in [1.29, 1.82) is 0 Å². The fraction of sp³-hybridized carbons (Fsp3) is 0.571. The minimum atomic E-state index is -3.67. The number of urea groups is 1. The average molecular weight is 451 g/mol. The molecule has 1 aromatic rings. The lowest BCUT2D eigenvalue weighted by Gasteiger charge is -2.36. The average Bonchev–Trinajstić information content (AvgIpc) is 2.96. The molecule has 4 amide bonds. The van der Waals surface area contributed by atoms with E-state index in [1.54, 1.807) is 26.0 Å². The zero-order valence-corrected chi connectivity index (χ0v) is 19.0. The van der Waals surface area contributed by atoms with E-state index >= 15 is 0 Å². The molecule has 1 saturated carbocycles. The lowest BCUT2D eigenvalue weighted by Crippen LogP contribution is -2.54. The van der Waals surface area contributed by atoms with Crippen LogP contribution in [0.4, 0.5) is 10.5 Å². The second-order valence-electron chi connectivity index (χ2n) is 8.10. The second kappa shape index (κ2) is 8.96. The summed E-state index contributed by atoms with van der Waals surface area (Å²) >= 11 is 0. The van der Waals surface area contributed by atoms with E-state index < -0.39 is 34.0 Å². The minimum Gasteiger partial charge on any atom is -0.324 e. The van der Waals surface area contributed by atoms with Crippen molar-refractivity contribution in [3.63, 3.8) is 0 Å². The van der Waals surface area contributed by atoms with E-state index in [1.165, 1.54) is 16.4 Å². The first-order valence-corrected chi connectivity index (χ1v) is 12.1. The number of rotatable bonds is 7. The number of hydrogen-bond donors (Lipinski definition) is 2. The van der Waals surface area contributed by atoms with Crippen molar-refractivity contribution in [3.05, 3.63) is 24.3 Å². The van der Waals surface area contributed by atoms with Crippen LogP contribution in [-0.4, -0.2) is 60.6 Å². The van der Waals surface area contributed by atoms with Crippen LogP contribution in [0.15, 0.2) is 29.2 Å². The lowest BCUT2D eigenvalue weighted by atomic mass is 9.73. The molecule has 0 bridgehead atoms. The molecular weight excluding hydrogens is 420 g/mol. The zero-order chi connectivity index (χ0) is 22.8. The van der Waals surface area contributed by atoms with Gasteiger partial charge in [-0.2, -0.15) is 4.31 Å². The number of nitrogens with zero attached hydrogens (tertiary/aromatic N) is 2. The van der Waals surface area contributed by atoms with Gasteiger partial charge in [0.2, 0.25) is 15.9 Å². The number of amides is 4. The number of nitrogens with one attached hydrogen (secondary N) is 2. The van der Waals surface area contributed by atoms with Crippen molar-refractivity contribution < 1.29 is 22.8 Å². The number of benzene rings is 1. The van der Waals surface area contributed by atoms with Gasteiger partial charge < -0.3 is 10.6 Å². The Morgan fingerprint density at radius 1 is 1.26 bits per heavy atom. The summed E-state index contributed by atoms with van der Waals surface area (Å²) in [5.74, 6) is -0.924. The molecule has 10 heteroatoms. The minimum absolute atomic E-state index is 0.00715. The Hall–Kier alpha value is -2.46. The van der Waals surface area contributed by atoms with Crippen LogP contribution in [0.3, 0.4) is 0 Å². The predicted molar refractivity (Wildman–Crippen MR) is 116 cm³/mol. The van der Waals surface area contributed by atoms with E-state index in [0.717, 1.165) is 24.2 Å². The number of carbonyl (C=O) groups excluding carboxylic acids is 3. The highest BCUT2D eigenvalue weighted by Crippen LogP contribution is 2.38. The molecule has 1 spiro atoms. The number of carbonyl (C=O) groups is 3. The van der Waals surface area contributed by atoms with Gasteiger partial charge >= 0.3 is 6.03 Å². The zero-order valence-electron chi connectivity index (χ0n) is 18.2. The van der Waals surface area contributed by atoms with Crippen LogP contribution in [-0.2, 0) is 19.6 Å². The van der Waals surface area contributed by atoms with Gasteiger partial charge in [-0.25, -0.2) is 13.2 Å². The molecule has 2 N–H and O–H groups in total. The quantitative estimate of drug-likeness (QED) is 0.618. The smallest absolute Gasteiger partial charge is 0.324 e. The third-order valence-corrected chi connectivity index (χ3v) is 8.31. The van der Waals surface area contributed by atoms with Gasteiger partial charge in [-0.3, -0.25) is 14.5 Å². The van der Waals surface area contributed by atoms with Crippen LogP contribution in [0.25, 0.3) is 0 Å². The van der Waals surface area contributed by atoms with Gasteiger partial charge in [-0.15, -0.1) is 0 Å². The Labute approximate surface area is 183 Å². The van der Waals surface area contributed by atoms with E-state index in [4.69, 9.17) is 0 Å². The molecule has 1 heterocycles. The molecule has 2 fully saturated rings. The number of hydrogen-bond acceptors (Lipinski definition) is 5. The van der Waals surface area contributed by atoms with Crippen LogP contribution in [0.2, 0.25) is 0 Å². The van der Waals surface area contributed by atoms with Crippen molar-refractivity contribution in [3.8, 4) is 0 Å². The Bertz CT molecular complexity index is 976. The topological polar surface area (TPSA) is 116 Å². The Kier molecular flexibility index (Phi) is 6.70.